The molecule has 102 valence electrons. The highest BCUT2D eigenvalue weighted by Crippen LogP contribution is 2.29. The SMILES string of the molecule is CCOC(=O)C(N)c1cn(CC)c2cc(O)ccc12. The number of nitrogens with zero attached hydrogens (tertiary/aromatic N) is 1. The first kappa shape index (κ1) is 13.4. The number of aromatic nitrogens is 1. The van der Waals surface area contributed by atoms with E-state index >= 15 is 0 Å². The van der Waals surface area contributed by atoms with E-state index < -0.39 is 12.0 Å². The van der Waals surface area contributed by atoms with E-state index in [2.05, 4.69) is 0 Å². The molecule has 1 atom stereocenters. The lowest BCUT2D eigenvalue weighted by atomic mass is 10.1. The number of hydrogen-bond acceptors (Lipinski definition) is 4. The zero-order valence-corrected chi connectivity index (χ0v) is 11.1. The molecule has 0 bridgehead atoms. The van der Waals surface area contributed by atoms with E-state index in [-0.39, 0.29) is 5.75 Å². The average Bonchev–Trinajstić information content (AvgIpc) is 2.76. The van der Waals surface area contributed by atoms with Crippen molar-refractivity contribution in [1.29, 1.82) is 0 Å². The van der Waals surface area contributed by atoms with Crippen LogP contribution in [0.15, 0.2) is 24.4 Å². The van der Waals surface area contributed by atoms with Gasteiger partial charge in [-0.2, -0.15) is 0 Å². The molecule has 0 amide bonds. The van der Waals surface area contributed by atoms with E-state index in [9.17, 15) is 9.90 Å². The highest BCUT2D eigenvalue weighted by atomic mass is 16.5. The van der Waals surface area contributed by atoms with Crippen molar-refractivity contribution in [3.63, 3.8) is 0 Å². The quantitative estimate of drug-likeness (QED) is 0.825. The Morgan fingerprint density at radius 3 is 2.84 bits per heavy atom. The van der Waals surface area contributed by atoms with Gasteiger partial charge in [-0.05, 0) is 26.0 Å². The number of aryl methyl sites for hydroxylation is 1. The van der Waals surface area contributed by atoms with Gasteiger partial charge >= 0.3 is 5.97 Å². The van der Waals surface area contributed by atoms with Crippen LogP contribution in [-0.2, 0) is 16.1 Å². The van der Waals surface area contributed by atoms with Crippen LogP contribution in [0.3, 0.4) is 0 Å². The summed E-state index contributed by atoms with van der Waals surface area (Å²) in [5.74, 6) is -0.248. The molecule has 19 heavy (non-hydrogen) atoms. The lowest BCUT2D eigenvalue weighted by molar-refractivity contribution is -0.144. The number of carbonyl (C=O) groups is 1. The number of aromatic hydroxyl groups is 1. The molecule has 0 spiro atoms. The van der Waals surface area contributed by atoms with Gasteiger partial charge in [0.2, 0.25) is 0 Å². The smallest absolute Gasteiger partial charge is 0.327 e. The third-order valence-corrected chi connectivity index (χ3v) is 3.11. The molecular weight excluding hydrogens is 244 g/mol. The Kier molecular flexibility index (Phi) is 3.76. The number of rotatable bonds is 4. The van der Waals surface area contributed by atoms with Gasteiger partial charge < -0.3 is 20.1 Å². The Bertz CT molecular complexity index is 604. The van der Waals surface area contributed by atoms with Crippen molar-refractivity contribution >= 4 is 16.9 Å². The van der Waals surface area contributed by atoms with Gasteiger partial charge in [0.15, 0.2) is 0 Å². The molecule has 0 aliphatic heterocycles. The Hall–Kier alpha value is -2.01. The number of esters is 1. The topological polar surface area (TPSA) is 77.5 Å². The fourth-order valence-electron chi connectivity index (χ4n) is 2.18. The number of hydrogen-bond donors (Lipinski definition) is 2. The van der Waals surface area contributed by atoms with Gasteiger partial charge in [0.1, 0.15) is 11.8 Å². The summed E-state index contributed by atoms with van der Waals surface area (Å²) < 4.78 is 6.90. The van der Waals surface area contributed by atoms with E-state index in [1.807, 2.05) is 17.7 Å². The molecule has 3 N–H and O–H groups in total. The van der Waals surface area contributed by atoms with Crippen molar-refractivity contribution < 1.29 is 14.6 Å². The monoisotopic (exact) mass is 262 g/mol. The van der Waals surface area contributed by atoms with Crippen LogP contribution in [0.1, 0.15) is 25.5 Å². The van der Waals surface area contributed by atoms with Crippen LogP contribution in [0.5, 0.6) is 5.75 Å². The molecular formula is C14H18N2O3. The van der Waals surface area contributed by atoms with Crippen LogP contribution in [0.2, 0.25) is 0 Å². The number of fused-ring (bicyclic) bond motifs is 1. The largest absolute Gasteiger partial charge is 0.508 e. The van der Waals surface area contributed by atoms with Crippen LogP contribution in [0.25, 0.3) is 10.9 Å². The number of benzene rings is 1. The van der Waals surface area contributed by atoms with Crippen molar-refractivity contribution in [2.75, 3.05) is 6.61 Å². The molecule has 1 heterocycles. The second kappa shape index (κ2) is 5.32. The lowest BCUT2D eigenvalue weighted by Gasteiger charge is -2.09. The molecule has 5 heteroatoms. The molecule has 0 saturated carbocycles. The molecule has 2 rings (SSSR count). The van der Waals surface area contributed by atoms with Crippen LogP contribution < -0.4 is 5.73 Å². The Labute approximate surface area is 111 Å². The maximum atomic E-state index is 11.7. The minimum Gasteiger partial charge on any atom is -0.508 e. The van der Waals surface area contributed by atoms with Crippen LogP contribution in [0, 0.1) is 0 Å². The maximum absolute atomic E-state index is 11.7. The van der Waals surface area contributed by atoms with E-state index in [0.717, 1.165) is 23.0 Å². The lowest BCUT2D eigenvalue weighted by Crippen LogP contribution is -2.23. The summed E-state index contributed by atoms with van der Waals surface area (Å²) in [5, 5.41) is 10.4. The van der Waals surface area contributed by atoms with Gasteiger partial charge in [-0.25, -0.2) is 4.79 Å². The van der Waals surface area contributed by atoms with Crippen molar-refractivity contribution in [2.45, 2.75) is 26.4 Å². The second-order valence-electron chi connectivity index (χ2n) is 4.30. The zero-order valence-electron chi connectivity index (χ0n) is 11.1. The molecule has 5 nitrogen and oxygen atoms in total. The number of ether oxygens (including phenoxy) is 1. The van der Waals surface area contributed by atoms with Crippen molar-refractivity contribution in [3.05, 3.63) is 30.0 Å². The Balaban J connectivity index is 2.52. The van der Waals surface area contributed by atoms with Crippen LogP contribution in [0.4, 0.5) is 0 Å². The molecule has 0 aliphatic carbocycles. The van der Waals surface area contributed by atoms with Gasteiger partial charge in [0.05, 0.1) is 12.1 Å². The summed E-state index contributed by atoms with van der Waals surface area (Å²) in [6, 6.07) is 4.22. The van der Waals surface area contributed by atoms with E-state index in [0.29, 0.717) is 6.61 Å². The number of carbonyl (C=O) groups excluding carboxylic acids is 1. The standard InChI is InChI=1S/C14H18N2O3/c1-3-16-8-11(13(15)14(18)19-4-2)10-6-5-9(17)7-12(10)16/h5-8,13,17H,3-4,15H2,1-2H3. The van der Waals surface area contributed by atoms with Crippen molar-refractivity contribution in [2.24, 2.45) is 5.73 Å². The predicted molar refractivity (Wildman–Crippen MR) is 72.8 cm³/mol. The van der Waals surface area contributed by atoms with E-state index in [1.165, 1.54) is 0 Å². The molecule has 0 aliphatic rings. The fraction of sp³-hybridized carbons (Fsp3) is 0.357. The average molecular weight is 262 g/mol. The van der Waals surface area contributed by atoms with Crippen LogP contribution in [-0.4, -0.2) is 22.2 Å². The van der Waals surface area contributed by atoms with Gasteiger partial charge in [-0.1, -0.05) is 0 Å². The minimum atomic E-state index is -0.806. The molecule has 0 fully saturated rings. The first-order valence-corrected chi connectivity index (χ1v) is 6.32. The first-order chi connectivity index (χ1) is 9.08. The van der Waals surface area contributed by atoms with E-state index in [4.69, 9.17) is 10.5 Å². The van der Waals surface area contributed by atoms with Gasteiger partial charge in [0, 0.05) is 29.8 Å². The maximum Gasteiger partial charge on any atom is 0.327 e. The van der Waals surface area contributed by atoms with Gasteiger partial charge in [0.25, 0.3) is 0 Å². The molecule has 0 saturated heterocycles. The van der Waals surface area contributed by atoms with Gasteiger partial charge in [-0.15, -0.1) is 0 Å². The normalized spacial score (nSPS) is 12.6. The highest BCUT2D eigenvalue weighted by molar-refractivity contribution is 5.90. The molecule has 0 radical (unpaired) electrons. The second-order valence-corrected chi connectivity index (χ2v) is 4.30. The third kappa shape index (κ3) is 2.42. The minimum absolute atomic E-state index is 0.191. The Morgan fingerprint density at radius 2 is 2.21 bits per heavy atom. The summed E-state index contributed by atoms with van der Waals surface area (Å²) in [6.45, 7) is 4.77. The summed E-state index contributed by atoms with van der Waals surface area (Å²) in [4.78, 5) is 11.7. The van der Waals surface area contributed by atoms with Gasteiger partial charge in [-0.3, -0.25) is 0 Å². The van der Waals surface area contributed by atoms with Crippen LogP contribution >= 0.6 is 0 Å². The number of phenolic OH excluding ortho intramolecular Hbond substituents is 1. The first-order valence-electron chi connectivity index (χ1n) is 6.32. The highest BCUT2D eigenvalue weighted by Gasteiger charge is 2.21. The fourth-order valence-corrected chi connectivity index (χ4v) is 2.18. The predicted octanol–water partition coefficient (Wildman–Crippen LogP) is 1.93. The summed E-state index contributed by atoms with van der Waals surface area (Å²) >= 11 is 0. The van der Waals surface area contributed by atoms with E-state index in [1.54, 1.807) is 25.1 Å². The molecule has 1 aromatic carbocycles. The number of phenols is 1. The summed E-state index contributed by atoms with van der Waals surface area (Å²) in [5.41, 5.74) is 7.52. The number of nitrogens with two attached hydrogens (primary N) is 1. The Morgan fingerprint density at radius 1 is 1.47 bits per heavy atom. The zero-order chi connectivity index (χ0) is 14.0. The third-order valence-electron chi connectivity index (χ3n) is 3.11. The molecule has 2 aromatic rings. The molecule has 1 aromatic heterocycles. The summed E-state index contributed by atoms with van der Waals surface area (Å²) in [7, 11) is 0. The van der Waals surface area contributed by atoms with Crippen molar-refractivity contribution in [3.8, 4) is 5.75 Å². The molecule has 1 unspecified atom stereocenters. The summed E-state index contributed by atoms with van der Waals surface area (Å²) in [6.07, 6.45) is 1.84. The van der Waals surface area contributed by atoms with Crippen molar-refractivity contribution in [1.82, 2.24) is 4.57 Å².